The summed E-state index contributed by atoms with van der Waals surface area (Å²) in [6.07, 6.45) is -2.70. The third kappa shape index (κ3) is 6.51. The van der Waals surface area contributed by atoms with Crippen molar-refractivity contribution in [1.82, 2.24) is 9.80 Å². The maximum Gasteiger partial charge on any atom is 0.471 e. The molecule has 1 saturated carbocycles. The van der Waals surface area contributed by atoms with Gasteiger partial charge >= 0.3 is 18.1 Å². The standard InChI is InChI=1S/C28H33F3N2O4/c1-36-25(34)22-10-8-20(9-11-22)19-32-15-12-27(37-2,13-16-32)14-17-33(26(35)28(29,30)31)24-18-23(24)21-6-4-3-5-7-21/h3-11,23-24H,12-19H2,1-2H3/t23-,24+/m0/s1. The van der Waals surface area contributed by atoms with Crippen LogP contribution in [0.15, 0.2) is 54.6 Å². The van der Waals surface area contributed by atoms with Crippen LogP contribution in [-0.2, 0) is 20.8 Å². The van der Waals surface area contributed by atoms with Crippen LogP contribution in [0.5, 0.6) is 0 Å². The van der Waals surface area contributed by atoms with Crippen LogP contribution in [0.25, 0.3) is 0 Å². The predicted molar refractivity (Wildman–Crippen MR) is 132 cm³/mol. The van der Waals surface area contributed by atoms with E-state index in [1.807, 2.05) is 42.5 Å². The predicted octanol–water partition coefficient (Wildman–Crippen LogP) is 4.79. The lowest BCUT2D eigenvalue weighted by Gasteiger charge is -2.42. The van der Waals surface area contributed by atoms with E-state index in [1.165, 1.54) is 7.11 Å². The number of hydrogen-bond donors (Lipinski definition) is 0. The van der Waals surface area contributed by atoms with E-state index >= 15 is 0 Å². The molecule has 0 unspecified atom stereocenters. The van der Waals surface area contributed by atoms with E-state index in [-0.39, 0.29) is 18.4 Å². The number of halogens is 3. The van der Waals surface area contributed by atoms with E-state index in [0.717, 1.165) is 29.1 Å². The van der Waals surface area contributed by atoms with Gasteiger partial charge in [-0.3, -0.25) is 9.69 Å². The maximum absolute atomic E-state index is 13.5. The lowest BCUT2D eigenvalue weighted by molar-refractivity contribution is -0.187. The number of hydrogen-bond acceptors (Lipinski definition) is 5. The van der Waals surface area contributed by atoms with Gasteiger partial charge in [0.25, 0.3) is 0 Å². The first-order valence-electron chi connectivity index (χ1n) is 12.5. The molecule has 37 heavy (non-hydrogen) atoms. The number of likely N-dealkylation sites (tertiary alicyclic amines) is 1. The van der Waals surface area contributed by atoms with Crippen LogP contribution in [0.1, 0.15) is 53.1 Å². The third-order valence-corrected chi connectivity index (χ3v) is 7.68. The molecule has 0 bridgehead atoms. The number of methoxy groups -OCH3 is 2. The van der Waals surface area contributed by atoms with Crippen LogP contribution in [0.4, 0.5) is 13.2 Å². The minimum absolute atomic E-state index is 0.00910. The lowest BCUT2D eigenvalue weighted by atomic mass is 9.87. The Morgan fingerprint density at radius 1 is 1.03 bits per heavy atom. The highest BCUT2D eigenvalue weighted by Crippen LogP contribution is 2.46. The normalized spacial score (nSPS) is 21.3. The van der Waals surface area contributed by atoms with Crippen molar-refractivity contribution in [2.24, 2.45) is 0 Å². The number of carbonyl (C=O) groups excluding carboxylic acids is 2. The topological polar surface area (TPSA) is 59.1 Å². The van der Waals surface area contributed by atoms with Crippen molar-refractivity contribution in [1.29, 1.82) is 0 Å². The molecule has 9 heteroatoms. The first-order valence-corrected chi connectivity index (χ1v) is 12.5. The zero-order valence-corrected chi connectivity index (χ0v) is 21.2. The van der Waals surface area contributed by atoms with Gasteiger partial charge in [-0.2, -0.15) is 13.2 Å². The van der Waals surface area contributed by atoms with Gasteiger partial charge in [-0.25, -0.2) is 4.79 Å². The molecular formula is C28H33F3N2O4. The highest BCUT2D eigenvalue weighted by atomic mass is 19.4. The highest BCUT2D eigenvalue weighted by molar-refractivity contribution is 5.89. The van der Waals surface area contributed by atoms with Crippen LogP contribution in [0.2, 0.25) is 0 Å². The fourth-order valence-corrected chi connectivity index (χ4v) is 5.29. The molecule has 2 atom stereocenters. The molecule has 2 aliphatic rings. The van der Waals surface area contributed by atoms with Gasteiger partial charge in [0, 0.05) is 45.2 Å². The second kappa shape index (κ2) is 11.2. The molecule has 0 aromatic heterocycles. The zero-order chi connectivity index (χ0) is 26.6. The van der Waals surface area contributed by atoms with E-state index in [2.05, 4.69) is 4.90 Å². The third-order valence-electron chi connectivity index (χ3n) is 7.68. The molecule has 1 saturated heterocycles. The number of nitrogens with zero attached hydrogens (tertiary/aromatic N) is 2. The van der Waals surface area contributed by atoms with Gasteiger partial charge in [0.2, 0.25) is 0 Å². The summed E-state index contributed by atoms with van der Waals surface area (Å²) in [6, 6.07) is 16.2. The Bertz CT molecular complexity index is 1070. The Hall–Kier alpha value is -2.91. The molecule has 2 aromatic carbocycles. The van der Waals surface area contributed by atoms with Crippen LogP contribution in [0.3, 0.4) is 0 Å². The van der Waals surface area contributed by atoms with Gasteiger partial charge in [0.15, 0.2) is 0 Å². The van der Waals surface area contributed by atoms with Gasteiger partial charge in [-0.1, -0.05) is 42.5 Å². The Morgan fingerprint density at radius 3 is 2.24 bits per heavy atom. The maximum atomic E-state index is 13.5. The largest absolute Gasteiger partial charge is 0.471 e. The number of piperidine rings is 1. The minimum Gasteiger partial charge on any atom is -0.465 e. The number of ether oxygens (including phenoxy) is 2. The van der Waals surface area contributed by atoms with Crippen molar-refractivity contribution in [3.05, 3.63) is 71.3 Å². The van der Waals surface area contributed by atoms with E-state index in [9.17, 15) is 22.8 Å². The molecule has 0 radical (unpaired) electrons. The van der Waals surface area contributed by atoms with Gasteiger partial charge in [-0.05, 0) is 48.9 Å². The number of benzene rings is 2. The number of amides is 1. The number of carbonyl (C=O) groups is 2. The minimum atomic E-state index is -4.91. The molecule has 200 valence electrons. The highest BCUT2D eigenvalue weighted by Gasteiger charge is 2.52. The summed E-state index contributed by atoms with van der Waals surface area (Å²) < 4.78 is 51.0. The monoisotopic (exact) mass is 518 g/mol. The number of esters is 1. The smallest absolute Gasteiger partial charge is 0.465 e. The van der Waals surface area contributed by atoms with Gasteiger partial charge in [0.05, 0.1) is 18.3 Å². The van der Waals surface area contributed by atoms with Crippen molar-refractivity contribution < 1.29 is 32.2 Å². The SMILES string of the molecule is COC(=O)c1ccc(CN2CCC(CCN(C(=O)C(F)(F)F)[C@@H]3C[C@H]3c3ccccc3)(OC)CC2)cc1. The average Bonchev–Trinajstić information content (AvgIpc) is 3.70. The summed E-state index contributed by atoms with van der Waals surface area (Å²) in [4.78, 5) is 27.3. The van der Waals surface area contributed by atoms with Crippen molar-refractivity contribution in [3.63, 3.8) is 0 Å². The Kier molecular flexibility index (Phi) is 8.23. The van der Waals surface area contributed by atoms with E-state index in [1.54, 1.807) is 19.2 Å². The molecule has 4 rings (SSSR count). The molecule has 1 heterocycles. The van der Waals surface area contributed by atoms with Crippen LogP contribution in [0, 0.1) is 0 Å². The Morgan fingerprint density at radius 2 is 1.68 bits per heavy atom. The summed E-state index contributed by atoms with van der Waals surface area (Å²) in [5.74, 6) is -2.22. The Labute approximate surface area is 215 Å². The molecule has 1 aliphatic carbocycles. The zero-order valence-electron chi connectivity index (χ0n) is 21.2. The lowest BCUT2D eigenvalue weighted by Crippen LogP contribution is -2.49. The average molecular weight is 519 g/mol. The molecule has 2 aromatic rings. The molecule has 2 fully saturated rings. The quantitative estimate of drug-likeness (QED) is 0.447. The van der Waals surface area contributed by atoms with Crippen LogP contribution >= 0.6 is 0 Å². The van der Waals surface area contributed by atoms with Crippen molar-refractivity contribution in [3.8, 4) is 0 Å². The second-order valence-corrected chi connectivity index (χ2v) is 9.92. The van der Waals surface area contributed by atoms with E-state index < -0.39 is 23.7 Å². The Balaban J connectivity index is 1.35. The van der Waals surface area contributed by atoms with Crippen molar-refractivity contribution in [2.45, 2.75) is 56.0 Å². The van der Waals surface area contributed by atoms with Gasteiger partial charge in [0.1, 0.15) is 0 Å². The summed E-state index contributed by atoms with van der Waals surface area (Å²) in [5.41, 5.74) is 1.93. The van der Waals surface area contributed by atoms with E-state index in [4.69, 9.17) is 9.47 Å². The fraction of sp³-hybridized carbons (Fsp3) is 0.500. The molecule has 6 nitrogen and oxygen atoms in total. The summed E-state index contributed by atoms with van der Waals surface area (Å²) in [6.45, 7) is 2.14. The summed E-state index contributed by atoms with van der Waals surface area (Å²) in [5, 5.41) is 0. The van der Waals surface area contributed by atoms with E-state index in [0.29, 0.717) is 37.8 Å². The summed E-state index contributed by atoms with van der Waals surface area (Å²) >= 11 is 0. The molecule has 0 N–H and O–H groups in total. The van der Waals surface area contributed by atoms with Gasteiger partial charge in [-0.15, -0.1) is 0 Å². The van der Waals surface area contributed by atoms with Crippen LogP contribution in [-0.4, -0.2) is 73.3 Å². The molecule has 0 spiro atoms. The van der Waals surface area contributed by atoms with Crippen LogP contribution < -0.4 is 0 Å². The number of rotatable bonds is 9. The first kappa shape index (κ1) is 27.1. The second-order valence-electron chi connectivity index (χ2n) is 9.92. The molecular weight excluding hydrogens is 485 g/mol. The molecule has 1 aliphatic heterocycles. The first-order chi connectivity index (χ1) is 17.7. The van der Waals surface area contributed by atoms with Crippen molar-refractivity contribution >= 4 is 11.9 Å². The fourth-order valence-electron chi connectivity index (χ4n) is 5.29. The van der Waals surface area contributed by atoms with Crippen molar-refractivity contribution in [2.75, 3.05) is 33.9 Å². The molecule has 1 amide bonds. The van der Waals surface area contributed by atoms with Gasteiger partial charge < -0.3 is 14.4 Å². The summed E-state index contributed by atoms with van der Waals surface area (Å²) in [7, 11) is 2.94. The number of alkyl halides is 3.